The highest BCUT2D eigenvalue weighted by Gasteiger charge is 2.32. The monoisotopic (exact) mass is 324 g/mol. The van der Waals surface area contributed by atoms with E-state index >= 15 is 0 Å². The Morgan fingerprint density at radius 3 is 2.73 bits per heavy atom. The van der Waals surface area contributed by atoms with E-state index in [4.69, 9.17) is 9.47 Å². The van der Waals surface area contributed by atoms with Crippen molar-refractivity contribution in [2.75, 3.05) is 32.2 Å². The lowest BCUT2D eigenvalue weighted by atomic mass is 9.93. The van der Waals surface area contributed by atoms with Crippen LogP contribution in [0.25, 0.3) is 4.96 Å². The Morgan fingerprint density at radius 2 is 2.14 bits per heavy atom. The van der Waals surface area contributed by atoms with Gasteiger partial charge >= 0.3 is 0 Å². The Hall–Kier alpha value is -1.18. The highest BCUT2D eigenvalue weighted by Crippen LogP contribution is 2.28. The minimum Gasteiger partial charge on any atom is -0.381 e. The largest absolute Gasteiger partial charge is 0.381 e. The molecule has 22 heavy (non-hydrogen) atoms. The highest BCUT2D eigenvalue weighted by molar-refractivity contribution is 7.20. The third-order valence-corrected chi connectivity index (χ3v) is 5.09. The molecule has 0 amide bonds. The predicted octanol–water partition coefficient (Wildman–Crippen LogP) is 2.70. The molecule has 1 saturated heterocycles. The van der Waals surface area contributed by atoms with Gasteiger partial charge in [-0.05, 0) is 0 Å². The molecule has 3 rings (SSSR count). The molecular weight excluding hydrogens is 300 g/mol. The molecule has 0 unspecified atom stereocenters. The zero-order valence-corrected chi connectivity index (χ0v) is 14.5. The molecule has 1 aliphatic rings. The zero-order valence-electron chi connectivity index (χ0n) is 13.7. The SMILES string of the molecule is COC1(CNc2nn3cc(C(C)(C)C)nc3s2)CCOCC1. The fourth-order valence-electron chi connectivity index (χ4n) is 2.57. The molecule has 0 atom stereocenters. The van der Waals surface area contributed by atoms with Crippen LogP contribution in [0.3, 0.4) is 0 Å². The first-order valence-electron chi connectivity index (χ1n) is 7.65. The summed E-state index contributed by atoms with van der Waals surface area (Å²) in [6.07, 6.45) is 3.83. The molecule has 0 aromatic carbocycles. The van der Waals surface area contributed by atoms with Gasteiger partial charge in [-0.15, -0.1) is 5.10 Å². The summed E-state index contributed by atoms with van der Waals surface area (Å²) in [5, 5.41) is 8.86. The van der Waals surface area contributed by atoms with E-state index in [1.54, 1.807) is 18.4 Å². The third-order valence-electron chi connectivity index (χ3n) is 4.21. The number of fused-ring (bicyclic) bond motifs is 1. The highest BCUT2D eigenvalue weighted by atomic mass is 32.1. The van der Waals surface area contributed by atoms with Crippen LogP contribution in [-0.4, -0.2) is 47.1 Å². The van der Waals surface area contributed by atoms with E-state index in [1.807, 2.05) is 10.7 Å². The Balaban J connectivity index is 1.70. The van der Waals surface area contributed by atoms with Gasteiger partial charge in [0.15, 0.2) is 0 Å². The second-order valence-electron chi connectivity index (χ2n) is 6.86. The first-order valence-corrected chi connectivity index (χ1v) is 8.47. The van der Waals surface area contributed by atoms with Crippen molar-refractivity contribution in [3.05, 3.63) is 11.9 Å². The van der Waals surface area contributed by atoms with Gasteiger partial charge in [-0.2, -0.15) is 0 Å². The van der Waals surface area contributed by atoms with Gasteiger partial charge < -0.3 is 14.8 Å². The average Bonchev–Trinajstić information content (AvgIpc) is 3.04. The summed E-state index contributed by atoms with van der Waals surface area (Å²) in [6.45, 7) is 8.73. The fraction of sp³-hybridized carbons (Fsp3) is 0.733. The lowest BCUT2D eigenvalue weighted by Crippen LogP contribution is -2.44. The number of anilines is 1. The summed E-state index contributed by atoms with van der Waals surface area (Å²) in [6, 6.07) is 0. The van der Waals surface area contributed by atoms with Gasteiger partial charge in [0, 0.05) is 45.1 Å². The van der Waals surface area contributed by atoms with Crippen molar-refractivity contribution in [2.24, 2.45) is 0 Å². The van der Waals surface area contributed by atoms with Crippen LogP contribution < -0.4 is 5.32 Å². The Bertz CT molecular complexity index is 606. The van der Waals surface area contributed by atoms with Crippen molar-refractivity contribution < 1.29 is 9.47 Å². The molecule has 2 aromatic rings. The first kappa shape index (κ1) is 15.7. The summed E-state index contributed by atoms with van der Waals surface area (Å²) in [7, 11) is 1.78. The molecule has 122 valence electrons. The Labute approximate surface area is 134 Å². The maximum atomic E-state index is 5.73. The van der Waals surface area contributed by atoms with Crippen LogP contribution in [0.2, 0.25) is 0 Å². The van der Waals surface area contributed by atoms with Crippen molar-refractivity contribution in [2.45, 2.75) is 44.6 Å². The van der Waals surface area contributed by atoms with Crippen LogP contribution in [0.1, 0.15) is 39.3 Å². The molecule has 6 nitrogen and oxygen atoms in total. The smallest absolute Gasteiger partial charge is 0.214 e. The Kier molecular flexibility index (Phi) is 4.13. The van der Waals surface area contributed by atoms with Gasteiger partial charge in [-0.25, -0.2) is 9.50 Å². The van der Waals surface area contributed by atoms with Crippen LogP contribution >= 0.6 is 11.3 Å². The first-order chi connectivity index (χ1) is 10.4. The van der Waals surface area contributed by atoms with Gasteiger partial charge in [0.2, 0.25) is 10.1 Å². The number of aromatic nitrogens is 3. The van der Waals surface area contributed by atoms with Gasteiger partial charge in [-0.3, -0.25) is 0 Å². The lowest BCUT2D eigenvalue weighted by molar-refractivity contribution is -0.0807. The maximum Gasteiger partial charge on any atom is 0.214 e. The summed E-state index contributed by atoms with van der Waals surface area (Å²) in [5.74, 6) is 0. The normalized spacial score (nSPS) is 18.7. The van der Waals surface area contributed by atoms with Crippen molar-refractivity contribution in [3.8, 4) is 0 Å². The molecule has 0 saturated carbocycles. The number of methoxy groups -OCH3 is 1. The molecule has 0 aliphatic carbocycles. The molecule has 1 fully saturated rings. The summed E-state index contributed by atoms with van der Waals surface area (Å²) < 4.78 is 13.0. The van der Waals surface area contributed by atoms with Gasteiger partial charge in [-0.1, -0.05) is 32.1 Å². The average molecular weight is 324 g/mol. The van der Waals surface area contributed by atoms with Crippen LogP contribution in [0.5, 0.6) is 0 Å². The topological polar surface area (TPSA) is 60.7 Å². The Morgan fingerprint density at radius 1 is 1.41 bits per heavy atom. The molecule has 2 aromatic heterocycles. The van der Waals surface area contributed by atoms with Crippen molar-refractivity contribution in [1.82, 2.24) is 14.6 Å². The summed E-state index contributed by atoms with van der Waals surface area (Å²) in [4.78, 5) is 5.59. The van der Waals surface area contributed by atoms with Crippen molar-refractivity contribution in [3.63, 3.8) is 0 Å². The molecule has 0 spiro atoms. The number of hydrogen-bond acceptors (Lipinski definition) is 6. The standard InChI is InChI=1S/C15H24N4O2S/c1-14(2,3)11-9-19-13(17-11)22-12(18-19)16-10-15(20-4)5-7-21-8-6-15/h9H,5-8,10H2,1-4H3,(H,16,18). The predicted molar refractivity (Wildman–Crippen MR) is 87.8 cm³/mol. The van der Waals surface area contributed by atoms with Gasteiger partial charge in [0.1, 0.15) is 0 Å². The number of imidazole rings is 1. The number of hydrogen-bond donors (Lipinski definition) is 1. The third kappa shape index (κ3) is 3.11. The lowest BCUT2D eigenvalue weighted by Gasteiger charge is -2.35. The fourth-order valence-corrected chi connectivity index (χ4v) is 3.34. The van der Waals surface area contributed by atoms with Gasteiger partial charge in [0.25, 0.3) is 0 Å². The number of nitrogens with one attached hydrogen (secondary N) is 1. The minimum absolute atomic E-state index is 0.0449. The summed E-state index contributed by atoms with van der Waals surface area (Å²) >= 11 is 1.57. The van der Waals surface area contributed by atoms with Crippen molar-refractivity contribution in [1.29, 1.82) is 0 Å². The molecule has 0 bridgehead atoms. The number of rotatable bonds is 4. The second kappa shape index (κ2) is 5.79. The zero-order chi connectivity index (χ0) is 15.8. The van der Waals surface area contributed by atoms with Crippen molar-refractivity contribution >= 4 is 21.4 Å². The van der Waals surface area contributed by atoms with Gasteiger partial charge in [0.05, 0.1) is 17.5 Å². The van der Waals surface area contributed by atoms with E-state index in [0.717, 1.165) is 48.4 Å². The van der Waals surface area contributed by atoms with Crippen LogP contribution in [0.4, 0.5) is 5.13 Å². The second-order valence-corrected chi connectivity index (χ2v) is 7.82. The molecule has 0 radical (unpaired) electrons. The maximum absolute atomic E-state index is 5.73. The quantitative estimate of drug-likeness (QED) is 0.937. The van der Waals surface area contributed by atoms with E-state index < -0.39 is 0 Å². The van der Waals surface area contributed by atoms with E-state index in [0.29, 0.717) is 0 Å². The van der Waals surface area contributed by atoms with E-state index in [9.17, 15) is 0 Å². The molecule has 1 N–H and O–H groups in total. The van der Waals surface area contributed by atoms with E-state index in [1.165, 1.54) is 0 Å². The molecular formula is C15H24N4O2S. The molecule has 7 heteroatoms. The minimum atomic E-state index is -0.150. The van der Waals surface area contributed by atoms with Crippen LogP contribution in [0, 0.1) is 0 Å². The van der Waals surface area contributed by atoms with Crippen LogP contribution in [-0.2, 0) is 14.9 Å². The molecule has 1 aliphatic heterocycles. The summed E-state index contributed by atoms with van der Waals surface area (Å²) in [5.41, 5.74) is 0.960. The van der Waals surface area contributed by atoms with Crippen LogP contribution in [0.15, 0.2) is 6.20 Å². The number of ether oxygens (including phenoxy) is 2. The number of nitrogens with zero attached hydrogens (tertiary/aromatic N) is 3. The molecule has 3 heterocycles. The van der Waals surface area contributed by atoms with E-state index in [-0.39, 0.29) is 11.0 Å². The van der Waals surface area contributed by atoms with E-state index in [2.05, 4.69) is 36.2 Å².